The highest BCUT2D eigenvalue weighted by Gasteiger charge is 2.36. The van der Waals surface area contributed by atoms with Crippen LogP contribution in [0.5, 0.6) is 5.75 Å². The number of rotatable bonds is 20. The van der Waals surface area contributed by atoms with Crippen molar-refractivity contribution in [3.63, 3.8) is 0 Å². The number of nitrogens with zero attached hydrogens (tertiary/aromatic N) is 4. The maximum absolute atomic E-state index is 13.1. The number of fused-ring (bicyclic) bond motifs is 4. The van der Waals surface area contributed by atoms with Gasteiger partial charge in [0.05, 0.1) is 23.8 Å². The van der Waals surface area contributed by atoms with Gasteiger partial charge in [0.1, 0.15) is 28.5 Å². The van der Waals surface area contributed by atoms with Gasteiger partial charge in [-0.3, -0.25) is 0 Å². The molecule has 4 heterocycles. The number of halogens is 9. The van der Waals surface area contributed by atoms with Gasteiger partial charge in [-0.1, -0.05) is 152 Å². The lowest BCUT2D eigenvalue weighted by atomic mass is 9.80. The van der Waals surface area contributed by atoms with Crippen LogP contribution in [0.1, 0.15) is 161 Å². The molecule has 0 radical (unpaired) electrons. The SMILES string of the molecule is COc1cccc(Cn2c(C(=O)O)c(CC3CC3)c3ccccc32)c1.O=C(O)c1c(C=C2CC2)c2ccccc2n1Cc1cccc(C(F)(F)F)c1.O=C(O)c1c(CC2CC2)c2ccccc2n1Cc1cccc(C(F)(F)F)c1.O=C(O)c1c(CC2CCC2)c2ccccc2n1Cc1cccc(C(F)(F)F)c1. The molecule has 12 aromatic rings. The van der Waals surface area contributed by atoms with Gasteiger partial charge in [-0.15, -0.1) is 0 Å². The number of hydrogen-bond donors (Lipinski definition) is 4. The van der Waals surface area contributed by atoms with Gasteiger partial charge < -0.3 is 43.4 Å². The number of para-hydroxylation sites is 4. The van der Waals surface area contributed by atoms with Crippen LogP contribution in [0.3, 0.4) is 0 Å². The molecule has 13 nitrogen and oxygen atoms in total. The monoisotopic (exact) mass is 1470 g/mol. The number of benzene rings is 8. The molecule has 16 rings (SSSR count). The van der Waals surface area contributed by atoms with Gasteiger partial charge in [0.15, 0.2) is 0 Å². The van der Waals surface area contributed by atoms with Crippen molar-refractivity contribution in [2.45, 2.75) is 122 Å². The molecule has 4 aliphatic carbocycles. The van der Waals surface area contributed by atoms with Gasteiger partial charge in [0.25, 0.3) is 0 Å². The number of carbonyl (C=O) groups is 4. The highest BCUT2D eigenvalue weighted by atomic mass is 19.4. The van der Waals surface area contributed by atoms with Crippen LogP contribution in [0.4, 0.5) is 39.5 Å². The van der Waals surface area contributed by atoms with Crippen LogP contribution in [0.15, 0.2) is 200 Å². The number of aromatic carboxylic acids is 4. The Labute approximate surface area is 609 Å². The third-order valence-electron chi connectivity index (χ3n) is 20.3. The second kappa shape index (κ2) is 30.7. The highest BCUT2D eigenvalue weighted by Crippen LogP contribution is 2.43. The van der Waals surface area contributed by atoms with E-state index in [4.69, 9.17) is 4.74 Å². The smallest absolute Gasteiger partial charge is 0.416 e. The highest BCUT2D eigenvalue weighted by molar-refractivity contribution is 6.04. The van der Waals surface area contributed by atoms with Crippen LogP contribution in [-0.4, -0.2) is 69.7 Å². The molecule has 552 valence electrons. The van der Waals surface area contributed by atoms with E-state index in [0.717, 1.165) is 154 Å². The summed E-state index contributed by atoms with van der Waals surface area (Å²) in [6, 6.07) is 53.0. The third-order valence-corrected chi connectivity index (χ3v) is 20.3. The van der Waals surface area contributed by atoms with Gasteiger partial charge in [-0.2, -0.15) is 39.5 Å². The topological polar surface area (TPSA) is 178 Å². The van der Waals surface area contributed by atoms with Crippen LogP contribution in [0.25, 0.3) is 49.7 Å². The molecular weight excluding hydrogens is 1390 g/mol. The van der Waals surface area contributed by atoms with Crippen molar-refractivity contribution < 1.29 is 83.9 Å². The summed E-state index contributed by atoms with van der Waals surface area (Å²) >= 11 is 0. The standard InChI is InChI=1S/C22H20F3NO2.C21H18F3NO2.C21H16F3NO2.C21H21NO3/c23-22(24,25)16-8-4-7-15(11-16)13-26-19-10-2-1-9-17(19)18(20(26)21(27)28)12-14-5-3-6-14;2*22-21(23,24)15-5-3-4-14(10-15)12-25-18-7-2-1-6-16(18)17(11-13-8-9-13)19(25)20(26)27;1-25-16-6-4-5-15(11-16)13-22-19-8-3-2-7-17(19)18(12-14-9-10-14)20(22)21(23)24/h1-2,4,7-11,14H,3,5-6,12-13H2,(H,27,28);1-7,10,13H,8-9,11-12H2,(H,26,27);1-7,10-11H,8-9,12H2,(H,26,27);2-8,11,14H,9-10,12-13H2,1H3,(H,23,24). The number of allylic oxidation sites excluding steroid dienone is 1. The van der Waals surface area contributed by atoms with E-state index in [-0.39, 0.29) is 36.7 Å². The van der Waals surface area contributed by atoms with Crippen molar-refractivity contribution in [3.05, 3.63) is 284 Å². The fourth-order valence-corrected chi connectivity index (χ4v) is 14.5. The van der Waals surface area contributed by atoms with Gasteiger partial charge >= 0.3 is 42.4 Å². The lowest BCUT2D eigenvalue weighted by Gasteiger charge is -2.25. The first-order valence-electron chi connectivity index (χ1n) is 35.4. The zero-order chi connectivity index (χ0) is 75.6. The molecule has 0 aliphatic heterocycles. The molecule has 0 bridgehead atoms. The minimum absolute atomic E-state index is 0.0508. The molecule has 0 unspecified atom stereocenters. The summed E-state index contributed by atoms with van der Waals surface area (Å²) in [4.78, 5) is 48.2. The number of aromatic nitrogens is 4. The van der Waals surface area contributed by atoms with Gasteiger partial charge in [0.2, 0.25) is 0 Å². The van der Waals surface area contributed by atoms with Crippen LogP contribution >= 0.6 is 0 Å². The molecule has 22 heteroatoms. The average molecular weight is 1470 g/mol. The fraction of sp³-hybridized carbons (Fsp3) is 0.271. The molecule has 8 aromatic carbocycles. The number of methoxy groups -OCH3 is 1. The lowest BCUT2D eigenvalue weighted by molar-refractivity contribution is -0.138. The molecule has 107 heavy (non-hydrogen) atoms. The van der Waals surface area contributed by atoms with E-state index in [1.807, 2.05) is 120 Å². The predicted octanol–water partition coefficient (Wildman–Crippen LogP) is 21.0. The molecule has 4 aliphatic rings. The Kier molecular flexibility index (Phi) is 21.2. The summed E-state index contributed by atoms with van der Waals surface area (Å²) in [5, 5.41) is 43.1. The number of carboxylic acid groups (broad SMARTS) is 4. The first kappa shape index (κ1) is 74.0. The molecule has 4 fully saturated rings. The third kappa shape index (κ3) is 16.9. The molecule has 0 saturated heterocycles. The van der Waals surface area contributed by atoms with Crippen molar-refractivity contribution in [1.29, 1.82) is 0 Å². The molecule has 0 spiro atoms. The Bertz CT molecular complexity index is 5380. The van der Waals surface area contributed by atoms with E-state index in [1.165, 1.54) is 36.6 Å². The van der Waals surface area contributed by atoms with Gasteiger partial charge in [0, 0.05) is 75.4 Å². The Balaban J connectivity index is 0.000000126. The minimum Gasteiger partial charge on any atom is -0.497 e. The maximum atomic E-state index is 13.1. The Hall–Kier alpha value is -11.3. The number of hydrogen-bond acceptors (Lipinski definition) is 5. The van der Waals surface area contributed by atoms with Crippen molar-refractivity contribution in [2.24, 2.45) is 17.8 Å². The van der Waals surface area contributed by atoms with Crippen LogP contribution in [0, 0.1) is 17.8 Å². The summed E-state index contributed by atoms with van der Waals surface area (Å²) < 4.78 is 129. The zero-order valence-electron chi connectivity index (χ0n) is 58.1. The number of alkyl halides is 9. The normalized spacial score (nSPS) is 14.4. The van der Waals surface area contributed by atoms with Gasteiger partial charge in [-0.25, -0.2) is 19.2 Å². The summed E-state index contributed by atoms with van der Waals surface area (Å²) in [5.74, 6) is -1.65. The summed E-state index contributed by atoms with van der Waals surface area (Å²) in [7, 11) is 1.64. The van der Waals surface area contributed by atoms with E-state index >= 15 is 0 Å². The van der Waals surface area contributed by atoms with Gasteiger partial charge in [-0.05, 0) is 187 Å². The molecule has 0 amide bonds. The summed E-state index contributed by atoms with van der Waals surface area (Å²) in [6.07, 6.45) is 0.665. The molecular formula is C85H75F9N4O9. The minimum atomic E-state index is -4.44. The van der Waals surface area contributed by atoms with E-state index in [0.29, 0.717) is 70.6 Å². The molecule has 4 N–H and O–H groups in total. The fourth-order valence-electron chi connectivity index (χ4n) is 14.5. The second-order valence-electron chi connectivity index (χ2n) is 27.9. The average Bonchev–Trinajstić information content (AvgIpc) is 1.62. The molecule has 4 aromatic heterocycles. The van der Waals surface area contributed by atoms with Crippen molar-refractivity contribution in [1.82, 2.24) is 18.3 Å². The van der Waals surface area contributed by atoms with E-state index in [1.54, 1.807) is 51.1 Å². The Morgan fingerprint density at radius 2 is 0.682 bits per heavy atom. The van der Waals surface area contributed by atoms with Crippen LogP contribution in [0.2, 0.25) is 0 Å². The molecule has 4 saturated carbocycles. The maximum Gasteiger partial charge on any atom is 0.416 e. The van der Waals surface area contributed by atoms with Crippen LogP contribution < -0.4 is 4.74 Å². The largest absolute Gasteiger partial charge is 0.497 e. The number of ether oxygens (including phenoxy) is 1. The zero-order valence-corrected chi connectivity index (χ0v) is 58.1. The van der Waals surface area contributed by atoms with E-state index in [9.17, 15) is 79.1 Å². The van der Waals surface area contributed by atoms with Crippen molar-refractivity contribution in [2.75, 3.05) is 7.11 Å². The van der Waals surface area contributed by atoms with Crippen molar-refractivity contribution >= 4 is 73.6 Å². The van der Waals surface area contributed by atoms with Crippen molar-refractivity contribution in [3.8, 4) is 5.75 Å². The lowest BCUT2D eigenvalue weighted by Crippen LogP contribution is -2.17. The summed E-state index contributed by atoms with van der Waals surface area (Å²) in [5.41, 5.74) is 8.49. The van der Waals surface area contributed by atoms with Crippen LogP contribution in [-0.2, 0) is 64.0 Å². The quantitative estimate of drug-likeness (QED) is 0.0541. The summed E-state index contributed by atoms with van der Waals surface area (Å²) in [6.45, 7) is 0.729. The Morgan fingerprint density at radius 3 is 0.981 bits per heavy atom. The Morgan fingerprint density at radius 1 is 0.383 bits per heavy atom. The number of carboxylic acids is 4. The van der Waals surface area contributed by atoms with E-state index in [2.05, 4.69) is 0 Å². The molecule has 0 atom stereocenters. The van der Waals surface area contributed by atoms with E-state index < -0.39 is 59.1 Å². The first-order chi connectivity index (χ1) is 51.2. The second-order valence-corrected chi connectivity index (χ2v) is 27.9. The first-order valence-corrected chi connectivity index (χ1v) is 35.4. The predicted molar refractivity (Wildman–Crippen MR) is 390 cm³/mol.